The van der Waals surface area contributed by atoms with Gasteiger partial charge in [-0.15, -0.1) is 0 Å². The van der Waals surface area contributed by atoms with Crippen LogP contribution in [0.2, 0.25) is 0 Å². The first-order chi connectivity index (χ1) is 11.1. The van der Waals surface area contributed by atoms with Crippen LogP contribution in [0.5, 0.6) is 0 Å². The van der Waals surface area contributed by atoms with Gasteiger partial charge in [0.25, 0.3) is 0 Å². The molecule has 1 fully saturated rings. The normalized spacial score (nSPS) is 22.2. The molecule has 25 heavy (non-hydrogen) atoms. The first kappa shape index (κ1) is 20.5. The van der Waals surface area contributed by atoms with E-state index in [1.165, 1.54) is 30.5 Å². The lowest BCUT2D eigenvalue weighted by atomic mass is 9.73. The van der Waals surface area contributed by atoms with Crippen LogP contribution in [0.15, 0.2) is 18.3 Å². The molecule has 0 N–H and O–H groups in total. The van der Waals surface area contributed by atoms with Crippen molar-refractivity contribution in [2.75, 3.05) is 0 Å². The Kier molecular flexibility index (Phi) is 5.23. The van der Waals surface area contributed by atoms with Gasteiger partial charge in [-0.1, -0.05) is 75.3 Å². The van der Waals surface area contributed by atoms with Gasteiger partial charge >= 0.3 is 0 Å². The standard InChI is InChI=1S/C24H41N/c1-21(2,3)17-11-12-20(25-16-17)24(9,10)14-13-23(7,8)19-15-18(19)22(4,5)6/h11-12,16,18-19H,13-15H2,1-10H3. The first-order valence-electron chi connectivity index (χ1n) is 10.1. The summed E-state index contributed by atoms with van der Waals surface area (Å²) in [4.78, 5) is 4.83. The monoisotopic (exact) mass is 343 g/mol. The quantitative estimate of drug-likeness (QED) is 0.553. The van der Waals surface area contributed by atoms with Crippen LogP contribution >= 0.6 is 0 Å². The Balaban J connectivity index is 2.02. The molecule has 2 atom stereocenters. The Hall–Kier alpha value is -0.850. The van der Waals surface area contributed by atoms with E-state index < -0.39 is 0 Å². The van der Waals surface area contributed by atoms with Gasteiger partial charge in [0.05, 0.1) is 0 Å². The molecule has 0 aromatic carbocycles. The lowest BCUT2D eigenvalue weighted by Gasteiger charge is -2.33. The van der Waals surface area contributed by atoms with Crippen LogP contribution in [0, 0.1) is 22.7 Å². The van der Waals surface area contributed by atoms with Gasteiger partial charge in [0.2, 0.25) is 0 Å². The molecule has 0 saturated heterocycles. The zero-order valence-electron chi connectivity index (χ0n) is 18.5. The summed E-state index contributed by atoms with van der Waals surface area (Å²) in [5.41, 5.74) is 3.76. The van der Waals surface area contributed by atoms with E-state index in [1.807, 2.05) is 0 Å². The molecule has 1 aromatic heterocycles. The maximum atomic E-state index is 4.83. The zero-order valence-corrected chi connectivity index (χ0v) is 18.5. The van der Waals surface area contributed by atoms with Crippen LogP contribution in [0.3, 0.4) is 0 Å². The summed E-state index contributed by atoms with van der Waals surface area (Å²) in [7, 11) is 0. The van der Waals surface area contributed by atoms with Gasteiger partial charge in [-0.2, -0.15) is 0 Å². The molecule has 2 unspecified atom stereocenters. The van der Waals surface area contributed by atoms with E-state index in [0.29, 0.717) is 10.8 Å². The lowest BCUT2D eigenvalue weighted by Crippen LogP contribution is -2.26. The van der Waals surface area contributed by atoms with E-state index in [1.54, 1.807) is 0 Å². The molecule has 142 valence electrons. The predicted octanol–water partition coefficient (Wildman–Crippen LogP) is 7.15. The van der Waals surface area contributed by atoms with Gasteiger partial charge in [-0.25, -0.2) is 0 Å². The van der Waals surface area contributed by atoms with Gasteiger partial charge in [0, 0.05) is 17.3 Å². The Morgan fingerprint density at radius 3 is 1.84 bits per heavy atom. The van der Waals surface area contributed by atoms with E-state index in [2.05, 4.69) is 87.6 Å². The van der Waals surface area contributed by atoms with Crippen molar-refractivity contribution in [2.45, 2.75) is 99.3 Å². The van der Waals surface area contributed by atoms with Crippen LogP contribution in [-0.2, 0) is 10.8 Å². The highest BCUT2D eigenvalue weighted by Gasteiger charge is 2.52. The molecule has 0 radical (unpaired) electrons. The fourth-order valence-electron chi connectivity index (χ4n) is 4.20. The number of hydrogen-bond acceptors (Lipinski definition) is 1. The average Bonchev–Trinajstić information content (AvgIpc) is 3.26. The third kappa shape index (κ3) is 4.86. The number of nitrogens with zero attached hydrogens (tertiary/aromatic N) is 1. The van der Waals surface area contributed by atoms with Crippen LogP contribution in [0.25, 0.3) is 0 Å². The zero-order chi connectivity index (χ0) is 19.3. The van der Waals surface area contributed by atoms with Crippen LogP contribution in [0.4, 0.5) is 0 Å². The van der Waals surface area contributed by atoms with Crippen molar-refractivity contribution in [3.8, 4) is 0 Å². The molecular formula is C24H41N. The predicted molar refractivity (Wildman–Crippen MR) is 110 cm³/mol. The Bertz CT molecular complexity index is 578. The number of hydrogen-bond donors (Lipinski definition) is 0. The van der Waals surface area contributed by atoms with E-state index in [-0.39, 0.29) is 10.8 Å². The molecule has 0 aliphatic heterocycles. The molecule has 0 amide bonds. The summed E-state index contributed by atoms with van der Waals surface area (Å²) in [6, 6.07) is 4.52. The highest BCUT2D eigenvalue weighted by Crippen LogP contribution is 2.60. The third-order valence-electron chi connectivity index (χ3n) is 6.62. The molecule has 1 saturated carbocycles. The second-order valence-electron chi connectivity index (χ2n) is 11.9. The summed E-state index contributed by atoms with van der Waals surface area (Å²) in [6.45, 7) is 23.6. The van der Waals surface area contributed by atoms with Crippen molar-refractivity contribution in [1.29, 1.82) is 0 Å². The summed E-state index contributed by atoms with van der Waals surface area (Å²) in [5, 5.41) is 0. The highest BCUT2D eigenvalue weighted by atomic mass is 14.7. The first-order valence-corrected chi connectivity index (χ1v) is 10.1. The fraction of sp³-hybridized carbons (Fsp3) is 0.792. The van der Waals surface area contributed by atoms with E-state index in [4.69, 9.17) is 4.98 Å². The molecule has 0 spiro atoms. The Morgan fingerprint density at radius 2 is 1.44 bits per heavy atom. The summed E-state index contributed by atoms with van der Waals surface area (Å²) in [5.74, 6) is 1.79. The molecule has 1 nitrogen and oxygen atoms in total. The number of aromatic nitrogens is 1. The molecule has 1 aliphatic rings. The maximum absolute atomic E-state index is 4.83. The molecule has 2 rings (SSSR count). The average molecular weight is 344 g/mol. The van der Waals surface area contributed by atoms with E-state index >= 15 is 0 Å². The minimum absolute atomic E-state index is 0.139. The largest absolute Gasteiger partial charge is 0.260 e. The van der Waals surface area contributed by atoms with Gasteiger partial charge in [-0.05, 0) is 59.0 Å². The lowest BCUT2D eigenvalue weighted by molar-refractivity contribution is 0.202. The van der Waals surface area contributed by atoms with Gasteiger partial charge in [0.15, 0.2) is 0 Å². The minimum Gasteiger partial charge on any atom is -0.260 e. The summed E-state index contributed by atoms with van der Waals surface area (Å²) < 4.78 is 0. The van der Waals surface area contributed by atoms with Gasteiger partial charge < -0.3 is 0 Å². The van der Waals surface area contributed by atoms with Crippen molar-refractivity contribution < 1.29 is 0 Å². The smallest absolute Gasteiger partial charge is 0.0460 e. The Morgan fingerprint density at radius 1 is 0.840 bits per heavy atom. The van der Waals surface area contributed by atoms with Crippen LogP contribution in [0.1, 0.15) is 99.8 Å². The third-order valence-corrected chi connectivity index (χ3v) is 6.62. The van der Waals surface area contributed by atoms with Gasteiger partial charge in [-0.3, -0.25) is 4.98 Å². The molecule has 1 aliphatic carbocycles. The topological polar surface area (TPSA) is 12.9 Å². The molecule has 1 aromatic rings. The van der Waals surface area contributed by atoms with Crippen molar-refractivity contribution in [3.05, 3.63) is 29.6 Å². The summed E-state index contributed by atoms with van der Waals surface area (Å²) >= 11 is 0. The molecule has 1 heteroatoms. The van der Waals surface area contributed by atoms with Crippen molar-refractivity contribution in [3.63, 3.8) is 0 Å². The van der Waals surface area contributed by atoms with Gasteiger partial charge in [0.1, 0.15) is 0 Å². The van der Waals surface area contributed by atoms with Crippen molar-refractivity contribution in [1.82, 2.24) is 4.98 Å². The second kappa shape index (κ2) is 6.39. The molecular weight excluding hydrogens is 302 g/mol. The maximum Gasteiger partial charge on any atom is 0.0460 e. The number of pyridine rings is 1. The highest BCUT2D eigenvalue weighted by molar-refractivity contribution is 5.24. The fourth-order valence-corrected chi connectivity index (χ4v) is 4.20. The van der Waals surface area contributed by atoms with E-state index in [0.717, 1.165) is 11.8 Å². The van der Waals surface area contributed by atoms with Crippen LogP contribution in [-0.4, -0.2) is 4.98 Å². The van der Waals surface area contributed by atoms with E-state index in [9.17, 15) is 0 Å². The summed E-state index contributed by atoms with van der Waals surface area (Å²) in [6.07, 6.45) is 5.98. The molecule has 1 heterocycles. The van der Waals surface area contributed by atoms with Crippen LogP contribution < -0.4 is 0 Å². The van der Waals surface area contributed by atoms with Crippen molar-refractivity contribution >= 4 is 0 Å². The molecule has 0 bridgehead atoms. The SMILES string of the molecule is CC(C)(C)c1ccc(C(C)(C)CCC(C)(C)C2CC2C(C)(C)C)nc1. The number of rotatable bonds is 5. The van der Waals surface area contributed by atoms with Crippen molar-refractivity contribution in [2.24, 2.45) is 22.7 Å². The Labute approximate surface area is 157 Å². The minimum atomic E-state index is 0.139. The second-order valence-corrected chi connectivity index (χ2v) is 11.9.